The summed E-state index contributed by atoms with van der Waals surface area (Å²) in [5, 5.41) is 1.86. The Balaban J connectivity index is 2.82. The second kappa shape index (κ2) is 5.11. The highest BCUT2D eigenvalue weighted by Gasteiger charge is 2.15. The number of nitrogens with one attached hydrogen (secondary N) is 1. The molecule has 0 unspecified atom stereocenters. The number of hydrogen-bond donors (Lipinski definition) is 1. The van der Waals surface area contributed by atoms with Crippen molar-refractivity contribution < 1.29 is 0 Å². The molecule has 1 aromatic heterocycles. The molecule has 0 aliphatic rings. The smallest absolute Gasteiger partial charge is 0.312 e. The van der Waals surface area contributed by atoms with Crippen molar-refractivity contribution in [3.05, 3.63) is 55.3 Å². The molecular formula is C12H11Cl2N3O2. The zero-order chi connectivity index (χ0) is 14.2. The molecule has 2 aromatic rings. The van der Waals surface area contributed by atoms with Gasteiger partial charge in [-0.25, -0.2) is 4.79 Å². The molecule has 0 aliphatic carbocycles. The van der Waals surface area contributed by atoms with Crippen LogP contribution in [0.2, 0.25) is 10.2 Å². The van der Waals surface area contributed by atoms with Crippen LogP contribution in [-0.2, 0) is 0 Å². The maximum Gasteiger partial charge on any atom is 0.348 e. The Morgan fingerprint density at radius 1 is 1.21 bits per heavy atom. The van der Waals surface area contributed by atoms with Gasteiger partial charge in [0.05, 0.1) is 5.56 Å². The third-order valence-corrected chi connectivity index (χ3v) is 3.07. The van der Waals surface area contributed by atoms with Crippen LogP contribution in [0.4, 0.5) is 0 Å². The van der Waals surface area contributed by atoms with Crippen LogP contribution in [0.15, 0.2) is 33.9 Å². The molecule has 1 heterocycles. The predicted octanol–water partition coefficient (Wildman–Crippen LogP) is 1.71. The highest BCUT2D eigenvalue weighted by Crippen LogP contribution is 2.24. The molecule has 0 radical (unpaired) electrons. The van der Waals surface area contributed by atoms with Crippen LogP contribution in [-0.4, -0.2) is 23.8 Å². The molecule has 1 aromatic carbocycles. The number of nitrogens with zero attached hydrogens (tertiary/aromatic N) is 2. The molecule has 0 amide bonds. The quantitative estimate of drug-likeness (QED) is 0.859. The fourth-order valence-electron chi connectivity index (χ4n) is 1.76. The Morgan fingerprint density at radius 3 is 2.47 bits per heavy atom. The van der Waals surface area contributed by atoms with Gasteiger partial charge in [0.15, 0.2) is 0 Å². The minimum absolute atomic E-state index is 0.00429. The normalized spacial score (nSPS) is 10.5. The summed E-state index contributed by atoms with van der Waals surface area (Å²) in [5.74, 6) is 0. The summed E-state index contributed by atoms with van der Waals surface area (Å²) < 4.78 is 0.960. The third-order valence-electron chi connectivity index (χ3n) is 2.55. The van der Waals surface area contributed by atoms with E-state index in [1.165, 1.54) is 5.01 Å². The summed E-state index contributed by atoms with van der Waals surface area (Å²) in [7, 11) is 3.18. The highest BCUT2D eigenvalue weighted by atomic mass is 35.5. The number of halogens is 2. The van der Waals surface area contributed by atoms with E-state index in [9.17, 15) is 9.59 Å². The van der Waals surface area contributed by atoms with Crippen LogP contribution in [0.25, 0.3) is 11.1 Å². The molecular weight excluding hydrogens is 289 g/mol. The number of hydrogen-bond acceptors (Lipinski definition) is 3. The van der Waals surface area contributed by atoms with E-state index < -0.39 is 11.2 Å². The zero-order valence-electron chi connectivity index (χ0n) is 10.3. The first kappa shape index (κ1) is 13.7. The molecule has 7 heteroatoms. The van der Waals surface area contributed by atoms with Crippen LogP contribution in [0.5, 0.6) is 0 Å². The molecule has 0 saturated carbocycles. The van der Waals surface area contributed by atoms with E-state index in [0.29, 0.717) is 10.6 Å². The van der Waals surface area contributed by atoms with Gasteiger partial charge in [0.25, 0.3) is 5.56 Å². The minimum atomic E-state index is -0.592. The van der Waals surface area contributed by atoms with Crippen LogP contribution < -0.4 is 16.3 Å². The topological polar surface area (TPSA) is 58.1 Å². The zero-order valence-corrected chi connectivity index (χ0v) is 11.8. The summed E-state index contributed by atoms with van der Waals surface area (Å²) in [6.07, 6.45) is 0. The first-order chi connectivity index (χ1) is 8.91. The van der Waals surface area contributed by atoms with Crippen LogP contribution in [0.3, 0.4) is 0 Å². The standard InChI is InChI=1S/C12H11Cl2N3O2/c1-16(2)17-11(18)9(10(14)15-12(17)19)7-4-3-5-8(13)6-7/h3-6H,1-2H3,(H,15,19). The Bertz CT molecular complexity index is 734. The van der Waals surface area contributed by atoms with Gasteiger partial charge < -0.3 is 5.01 Å². The second-order valence-electron chi connectivity index (χ2n) is 4.09. The van der Waals surface area contributed by atoms with Gasteiger partial charge in [0, 0.05) is 19.1 Å². The summed E-state index contributed by atoms with van der Waals surface area (Å²) in [6, 6.07) is 6.71. The van der Waals surface area contributed by atoms with E-state index in [4.69, 9.17) is 23.2 Å². The fraction of sp³-hybridized carbons (Fsp3) is 0.167. The molecule has 0 bridgehead atoms. The monoisotopic (exact) mass is 299 g/mol. The van der Waals surface area contributed by atoms with Gasteiger partial charge in [0.1, 0.15) is 5.15 Å². The lowest BCUT2D eigenvalue weighted by Gasteiger charge is -2.16. The molecule has 0 atom stereocenters. The summed E-state index contributed by atoms with van der Waals surface area (Å²) in [6.45, 7) is 0. The summed E-state index contributed by atoms with van der Waals surface area (Å²) in [4.78, 5) is 26.5. The highest BCUT2D eigenvalue weighted by molar-refractivity contribution is 6.32. The lowest BCUT2D eigenvalue weighted by molar-refractivity contribution is 0.654. The number of aromatic amines is 1. The third kappa shape index (κ3) is 2.52. The predicted molar refractivity (Wildman–Crippen MR) is 76.8 cm³/mol. The average molecular weight is 300 g/mol. The molecule has 0 fully saturated rings. The van der Waals surface area contributed by atoms with Crippen molar-refractivity contribution in [2.75, 3.05) is 19.1 Å². The largest absolute Gasteiger partial charge is 0.348 e. The van der Waals surface area contributed by atoms with Crippen LogP contribution in [0.1, 0.15) is 0 Å². The molecule has 0 saturated heterocycles. The van der Waals surface area contributed by atoms with E-state index in [-0.39, 0.29) is 10.7 Å². The van der Waals surface area contributed by atoms with E-state index in [0.717, 1.165) is 4.68 Å². The van der Waals surface area contributed by atoms with Crippen molar-refractivity contribution in [1.82, 2.24) is 9.66 Å². The Labute approximate surface area is 119 Å². The van der Waals surface area contributed by atoms with E-state index in [1.807, 2.05) is 0 Å². The minimum Gasteiger partial charge on any atom is -0.312 e. The van der Waals surface area contributed by atoms with E-state index in [1.54, 1.807) is 38.4 Å². The van der Waals surface area contributed by atoms with Gasteiger partial charge in [-0.1, -0.05) is 35.3 Å². The Kier molecular flexibility index (Phi) is 3.68. The van der Waals surface area contributed by atoms with Crippen molar-refractivity contribution in [3.8, 4) is 11.1 Å². The SMILES string of the molecule is CN(C)n1c(=O)[nH]c(Cl)c(-c2cccc(Cl)c2)c1=O. The van der Waals surface area contributed by atoms with Crippen LogP contribution in [0, 0.1) is 0 Å². The summed E-state index contributed by atoms with van der Waals surface area (Å²) in [5.41, 5.74) is -0.335. The number of rotatable bonds is 2. The first-order valence-corrected chi connectivity index (χ1v) is 6.16. The lowest BCUT2D eigenvalue weighted by Crippen LogP contribution is -2.47. The lowest BCUT2D eigenvalue weighted by atomic mass is 10.1. The van der Waals surface area contributed by atoms with Crippen molar-refractivity contribution in [3.63, 3.8) is 0 Å². The maximum atomic E-state index is 12.3. The molecule has 5 nitrogen and oxygen atoms in total. The van der Waals surface area contributed by atoms with E-state index >= 15 is 0 Å². The van der Waals surface area contributed by atoms with Gasteiger partial charge >= 0.3 is 5.69 Å². The van der Waals surface area contributed by atoms with Gasteiger partial charge in [-0.15, -0.1) is 0 Å². The molecule has 19 heavy (non-hydrogen) atoms. The molecule has 0 aliphatic heterocycles. The summed E-state index contributed by atoms with van der Waals surface area (Å²) >= 11 is 11.9. The van der Waals surface area contributed by atoms with Crippen LogP contribution >= 0.6 is 23.2 Å². The number of H-pyrrole nitrogens is 1. The Morgan fingerprint density at radius 2 is 1.89 bits per heavy atom. The first-order valence-electron chi connectivity index (χ1n) is 5.40. The van der Waals surface area contributed by atoms with Crippen molar-refractivity contribution in [2.24, 2.45) is 0 Å². The molecule has 2 rings (SSSR count). The fourth-order valence-corrected chi connectivity index (χ4v) is 2.22. The van der Waals surface area contributed by atoms with Gasteiger partial charge in [-0.2, -0.15) is 4.68 Å². The van der Waals surface area contributed by atoms with Crippen molar-refractivity contribution in [1.29, 1.82) is 0 Å². The molecule has 100 valence electrons. The Hall–Kier alpha value is -1.72. The second-order valence-corrected chi connectivity index (χ2v) is 4.91. The molecule has 1 N–H and O–H groups in total. The maximum absolute atomic E-state index is 12.3. The van der Waals surface area contributed by atoms with Gasteiger partial charge in [-0.3, -0.25) is 9.78 Å². The van der Waals surface area contributed by atoms with E-state index in [2.05, 4.69) is 4.98 Å². The van der Waals surface area contributed by atoms with Gasteiger partial charge in [0.2, 0.25) is 0 Å². The van der Waals surface area contributed by atoms with Crippen molar-refractivity contribution >= 4 is 23.2 Å². The number of aromatic nitrogens is 2. The van der Waals surface area contributed by atoms with Gasteiger partial charge in [-0.05, 0) is 17.7 Å². The van der Waals surface area contributed by atoms with Crippen molar-refractivity contribution in [2.45, 2.75) is 0 Å². The number of benzene rings is 1. The average Bonchev–Trinajstić information content (AvgIpc) is 2.27. The molecule has 0 spiro atoms.